The van der Waals surface area contributed by atoms with Gasteiger partial charge in [-0.05, 0) is 55.3 Å². The van der Waals surface area contributed by atoms with Gasteiger partial charge in [0.05, 0.1) is 0 Å². The minimum absolute atomic E-state index is 0.204. The van der Waals surface area contributed by atoms with Gasteiger partial charge < -0.3 is 0 Å². The first kappa shape index (κ1) is 23.1. The number of fused-ring (bicyclic) bond motifs is 1. The molecule has 0 N–H and O–H groups in total. The van der Waals surface area contributed by atoms with Gasteiger partial charge >= 0.3 is 0 Å². The zero-order chi connectivity index (χ0) is 21.3. The van der Waals surface area contributed by atoms with E-state index in [2.05, 4.69) is 18.1 Å². The molecule has 0 aromatic heterocycles. The lowest BCUT2D eigenvalue weighted by Crippen LogP contribution is -2.31. The molecule has 6 atom stereocenters. The largest absolute Gasteiger partial charge is 0.299 e. The quantitative estimate of drug-likeness (QED) is 0.229. The zero-order valence-electron chi connectivity index (χ0n) is 18.9. The van der Waals surface area contributed by atoms with Crippen LogP contribution >= 0.6 is 0 Å². The summed E-state index contributed by atoms with van der Waals surface area (Å²) in [4.78, 5) is 25.2. The highest BCUT2D eigenvalue weighted by molar-refractivity contribution is 5.99. The SMILES string of the molecule is C#CC(=O)C(CC1C=CC=CC1)C(C)C(=O)CCCCC1CCCC2CCCCC12. The van der Waals surface area contributed by atoms with Crippen molar-refractivity contribution in [1.82, 2.24) is 0 Å². The molecule has 6 unspecified atom stereocenters. The average Bonchev–Trinajstić information content (AvgIpc) is 2.80. The lowest BCUT2D eigenvalue weighted by atomic mass is 9.64. The van der Waals surface area contributed by atoms with Crippen LogP contribution in [0.4, 0.5) is 0 Å². The highest BCUT2D eigenvalue weighted by atomic mass is 16.1. The molecule has 2 fully saturated rings. The van der Waals surface area contributed by atoms with Crippen LogP contribution in [0.3, 0.4) is 0 Å². The van der Waals surface area contributed by atoms with Gasteiger partial charge in [-0.15, -0.1) is 6.42 Å². The number of unbranched alkanes of at least 4 members (excludes halogenated alkanes) is 1. The van der Waals surface area contributed by atoms with Crippen molar-refractivity contribution in [3.63, 3.8) is 0 Å². The van der Waals surface area contributed by atoms with Gasteiger partial charge in [-0.1, -0.05) is 82.6 Å². The van der Waals surface area contributed by atoms with E-state index in [0.717, 1.165) is 37.0 Å². The molecule has 0 aromatic carbocycles. The number of terminal acetylenes is 1. The van der Waals surface area contributed by atoms with Crippen molar-refractivity contribution in [3.05, 3.63) is 24.3 Å². The second-order valence-corrected chi connectivity index (χ2v) is 10.1. The third kappa shape index (κ3) is 6.19. The van der Waals surface area contributed by atoms with Gasteiger partial charge in [0.15, 0.2) is 0 Å². The van der Waals surface area contributed by atoms with Crippen LogP contribution in [-0.2, 0) is 9.59 Å². The van der Waals surface area contributed by atoms with Crippen LogP contribution in [0.1, 0.15) is 90.4 Å². The lowest BCUT2D eigenvalue weighted by molar-refractivity contribution is -0.129. The number of rotatable bonds is 10. The van der Waals surface area contributed by atoms with Crippen LogP contribution in [0.25, 0.3) is 0 Å². The molecule has 0 aliphatic heterocycles. The molecule has 2 saturated carbocycles. The molecule has 3 aliphatic carbocycles. The van der Waals surface area contributed by atoms with Gasteiger partial charge in [-0.2, -0.15) is 0 Å². The molecular formula is C28H40O2. The maximum Gasteiger partial charge on any atom is 0.208 e. The maximum atomic E-state index is 12.9. The number of hydrogen-bond acceptors (Lipinski definition) is 2. The van der Waals surface area contributed by atoms with Crippen molar-refractivity contribution < 1.29 is 9.59 Å². The number of ketones is 2. The Bertz CT molecular complexity index is 677. The minimum Gasteiger partial charge on any atom is -0.299 e. The second kappa shape index (κ2) is 11.7. The summed E-state index contributed by atoms with van der Waals surface area (Å²) in [5.41, 5.74) is 0. The van der Waals surface area contributed by atoms with Crippen molar-refractivity contribution >= 4 is 11.6 Å². The monoisotopic (exact) mass is 408 g/mol. The average molecular weight is 409 g/mol. The fourth-order valence-electron chi connectivity index (χ4n) is 6.37. The van der Waals surface area contributed by atoms with E-state index in [1.54, 1.807) is 0 Å². The molecule has 0 bridgehead atoms. The minimum atomic E-state index is -0.343. The standard InChI is InChI=1S/C28H40O2/c1-3-27(29)26(20-22-12-5-4-6-13-22)21(2)28(30)19-10-8-15-24-17-11-16-23-14-7-9-18-25(23)24/h1,4-6,12,21-26H,7-11,13-20H2,2H3. The summed E-state index contributed by atoms with van der Waals surface area (Å²) in [6, 6.07) is 0. The Labute approximate surface area is 184 Å². The Morgan fingerprint density at radius 1 is 1.07 bits per heavy atom. The first-order chi connectivity index (χ1) is 14.6. The molecule has 0 spiro atoms. The van der Waals surface area contributed by atoms with Gasteiger partial charge in [0.25, 0.3) is 0 Å². The molecule has 3 aliphatic rings. The summed E-state index contributed by atoms with van der Waals surface area (Å²) in [7, 11) is 0. The summed E-state index contributed by atoms with van der Waals surface area (Å²) in [5, 5.41) is 0. The lowest BCUT2D eigenvalue weighted by Gasteiger charge is -2.41. The van der Waals surface area contributed by atoms with Crippen molar-refractivity contribution in [2.75, 3.05) is 0 Å². The normalized spacial score (nSPS) is 30.1. The predicted octanol–water partition coefficient (Wildman–Crippen LogP) is 6.70. The fraction of sp³-hybridized carbons (Fsp3) is 0.714. The highest BCUT2D eigenvalue weighted by Crippen LogP contribution is 2.45. The summed E-state index contributed by atoms with van der Waals surface area (Å²) in [5.74, 6) is 4.83. The predicted molar refractivity (Wildman–Crippen MR) is 124 cm³/mol. The molecule has 0 radical (unpaired) electrons. The molecule has 0 heterocycles. The van der Waals surface area contributed by atoms with Gasteiger partial charge in [0.2, 0.25) is 5.78 Å². The molecule has 0 amide bonds. The van der Waals surface area contributed by atoms with E-state index in [0.29, 0.717) is 18.8 Å². The molecule has 30 heavy (non-hydrogen) atoms. The number of hydrogen-bond donors (Lipinski definition) is 0. The second-order valence-electron chi connectivity index (χ2n) is 10.1. The zero-order valence-corrected chi connectivity index (χ0v) is 18.9. The molecule has 2 heteroatoms. The topological polar surface area (TPSA) is 34.1 Å². The third-order valence-electron chi connectivity index (χ3n) is 8.19. The summed E-state index contributed by atoms with van der Waals surface area (Å²) in [6.07, 6.45) is 29.3. The van der Waals surface area contributed by atoms with Gasteiger partial charge in [-0.25, -0.2) is 0 Å². The van der Waals surface area contributed by atoms with Crippen LogP contribution in [0.5, 0.6) is 0 Å². The van der Waals surface area contributed by atoms with Crippen LogP contribution in [0.2, 0.25) is 0 Å². The maximum absolute atomic E-state index is 12.9. The Hall–Kier alpha value is -1.62. The molecule has 0 aromatic rings. The van der Waals surface area contributed by atoms with Crippen LogP contribution < -0.4 is 0 Å². The molecule has 164 valence electrons. The molecule has 0 saturated heterocycles. The van der Waals surface area contributed by atoms with Gasteiger partial charge in [-0.3, -0.25) is 9.59 Å². The fourth-order valence-corrected chi connectivity index (χ4v) is 6.37. The van der Waals surface area contributed by atoms with Crippen molar-refractivity contribution in [2.24, 2.45) is 35.5 Å². The van der Waals surface area contributed by atoms with Crippen LogP contribution in [0.15, 0.2) is 24.3 Å². The van der Waals surface area contributed by atoms with E-state index in [1.807, 2.05) is 19.1 Å². The molecule has 2 nitrogen and oxygen atoms in total. The summed E-state index contributed by atoms with van der Waals surface area (Å²) >= 11 is 0. The van der Waals surface area contributed by atoms with Crippen molar-refractivity contribution in [2.45, 2.75) is 90.4 Å². The van der Waals surface area contributed by atoms with E-state index < -0.39 is 0 Å². The van der Waals surface area contributed by atoms with Crippen molar-refractivity contribution in [3.8, 4) is 12.3 Å². The summed E-state index contributed by atoms with van der Waals surface area (Å²) < 4.78 is 0. The van der Waals surface area contributed by atoms with E-state index in [9.17, 15) is 9.59 Å². The number of Topliss-reactive ketones (excluding diaryl/α,β-unsaturated/α-hetero) is 2. The Kier molecular flexibility index (Phi) is 8.98. The van der Waals surface area contributed by atoms with Gasteiger partial charge in [0, 0.05) is 18.3 Å². The van der Waals surface area contributed by atoms with Crippen LogP contribution in [0, 0.1) is 47.9 Å². The third-order valence-corrected chi connectivity index (χ3v) is 8.19. The van der Waals surface area contributed by atoms with Gasteiger partial charge in [0.1, 0.15) is 5.78 Å². The Morgan fingerprint density at radius 3 is 2.63 bits per heavy atom. The van der Waals surface area contributed by atoms with Crippen LogP contribution in [-0.4, -0.2) is 11.6 Å². The summed E-state index contributed by atoms with van der Waals surface area (Å²) in [6.45, 7) is 1.92. The van der Waals surface area contributed by atoms with E-state index in [1.165, 1.54) is 51.4 Å². The highest BCUT2D eigenvalue weighted by Gasteiger charge is 2.34. The molecular weight excluding hydrogens is 368 g/mol. The smallest absolute Gasteiger partial charge is 0.208 e. The van der Waals surface area contributed by atoms with E-state index in [4.69, 9.17) is 6.42 Å². The van der Waals surface area contributed by atoms with Crippen molar-refractivity contribution in [1.29, 1.82) is 0 Å². The first-order valence-corrected chi connectivity index (χ1v) is 12.5. The number of carbonyl (C=O) groups excluding carboxylic acids is 2. The first-order valence-electron chi connectivity index (χ1n) is 12.5. The Morgan fingerprint density at radius 2 is 1.87 bits per heavy atom. The number of allylic oxidation sites excluding steroid dienone is 4. The molecule has 3 rings (SSSR count). The Balaban J connectivity index is 1.44. The van der Waals surface area contributed by atoms with E-state index in [-0.39, 0.29) is 23.4 Å². The number of carbonyl (C=O) groups is 2. The van der Waals surface area contributed by atoms with E-state index >= 15 is 0 Å².